The van der Waals surface area contributed by atoms with Crippen LogP contribution in [0.2, 0.25) is 0 Å². The molecule has 1 aromatic carbocycles. The monoisotopic (exact) mass is 307 g/mol. The van der Waals surface area contributed by atoms with Gasteiger partial charge in [-0.3, -0.25) is 4.90 Å². The molecule has 1 saturated carbocycles. The highest BCUT2D eigenvalue weighted by molar-refractivity contribution is 5.22. The molecule has 3 rings (SSSR count). The van der Waals surface area contributed by atoms with Crippen molar-refractivity contribution in [2.45, 2.75) is 63.9 Å². The van der Waals surface area contributed by atoms with Crippen LogP contribution in [0.25, 0.3) is 0 Å². The van der Waals surface area contributed by atoms with Gasteiger partial charge in [-0.1, -0.05) is 0 Å². The number of rotatable bonds is 5. The van der Waals surface area contributed by atoms with Gasteiger partial charge in [0.05, 0.1) is 12.2 Å². The van der Waals surface area contributed by atoms with Gasteiger partial charge in [-0.25, -0.2) is 4.39 Å². The molecule has 4 heteroatoms. The van der Waals surface area contributed by atoms with Crippen molar-refractivity contribution in [2.24, 2.45) is 0 Å². The van der Waals surface area contributed by atoms with Gasteiger partial charge in [-0.15, -0.1) is 0 Å². The van der Waals surface area contributed by atoms with E-state index in [2.05, 4.69) is 18.7 Å². The van der Waals surface area contributed by atoms with Crippen molar-refractivity contribution in [2.75, 3.05) is 13.1 Å². The molecular weight excluding hydrogens is 281 g/mol. The summed E-state index contributed by atoms with van der Waals surface area (Å²) in [5.41, 5.74) is 0. The van der Waals surface area contributed by atoms with Crippen LogP contribution in [-0.2, 0) is 4.74 Å². The average Bonchev–Trinajstić information content (AvgIpc) is 2.45. The van der Waals surface area contributed by atoms with Crippen LogP contribution in [0, 0.1) is 5.82 Å². The highest BCUT2D eigenvalue weighted by Crippen LogP contribution is 2.29. The summed E-state index contributed by atoms with van der Waals surface area (Å²) in [6.45, 7) is 6.19. The van der Waals surface area contributed by atoms with Crippen LogP contribution >= 0.6 is 0 Å². The molecule has 0 unspecified atom stereocenters. The fourth-order valence-corrected chi connectivity index (χ4v) is 3.48. The predicted octanol–water partition coefficient (Wildman–Crippen LogP) is 3.62. The molecule has 1 saturated heterocycles. The lowest BCUT2D eigenvalue weighted by atomic mass is 9.89. The van der Waals surface area contributed by atoms with Gasteiger partial charge < -0.3 is 9.47 Å². The number of nitrogens with zero attached hydrogens (tertiary/aromatic N) is 1. The third kappa shape index (κ3) is 3.99. The van der Waals surface area contributed by atoms with E-state index in [9.17, 15) is 4.39 Å². The lowest BCUT2D eigenvalue weighted by molar-refractivity contribution is -0.0554. The molecule has 1 heterocycles. The summed E-state index contributed by atoms with van der Waals surface area (Å²) in [6, 6.07) is 6.97. The van der Waals surface area contributed by atoms with Crippen LogP contribution in [0.15, 0.2) is 24.3 Å². The van der Waals surface area contributed by atoms with Gasteiger partial charge in [-0.05, 0) is 63.8 Å². The number of likely N-dealkylation sites (tertiary alicyclic amines) is 1. The van der Waals surface area contributed by atoms with Crippen molar-refractivity contribution in [3.05, 3.63) is 30.1 Å². The summed E-state index contributed by atoms with van der Waals surface area (Å²) in [7, 11) is 0. The Labute approximate surface area is 132 Å². The Kier molecular flexibility index (Phi) is 4.99. The van der Waals surface area contributed by atoms with Gasteiger partial charge in [0.1, 0.15) is 17.7 Å². The third-order valence-corrected chi connectivity index (χ3v) is 4.62. The van der Waals surface area contributed by atoms with Gasteiger partial charge in [0.2, 0.25) is 0 Å². The molecule has 3 nitrogen and oxygen atoms in total. The first-order valence-corrected chi connectivity index (χ1v) is 8.42. The normalized spacial score (nSPS) is 26.9. The summed E-state index contributed by atoms with van der Waals surface area (Å²) in [5.74, 6) is 0.544. The minimum absolute atomic E-state index is 0.219. The van der Waals surface area contributed by atoms with E-state index in [0.29, 0.717) is 18.2 Å². The quantitative estimate of drug-likeness (QED) is 0.829. The number of hydrogen-bond donors (Lipinski definition) is 0. The van der Waals surface area contributed by atoms with Crippen molar-refractivity contribution in [3.8, 4) is 5.75 Å². The minimum Gasteiger partial charge on any atom is -0.488 e. The molecule has 0 radical (unpaired) electrons. The van der Waals surface area contributed by atoms with E-state index in [0.717, 1.165) is 18.8 Å². The first-order chi connectivity index (χ1) is 10.6. The Balaban J connectivity index is 1.38. The molecule has 122 valence electrons. The topological polar surface area (TPSA) is 21.7 Å². The van der Waals surface area contributed by atoms with E-state index in [1.165, 1.54) is 37.8 Å². The van der Waals surface area contributed by atoms with Crippen molar-refractivity contribution < 1.29 is 13.9 Å². The van der Waals surface area contributed by atoms with Crippen LogP contribution in [0.4, 0.5) is 4.39 Å². The maximum absolute atomic E-state index is 12.9. The fraction of sp³-hybridized carbons (Fsp3) is 0.667. The number of halogens is 1. The van der Waals surface area contributed by atoms with Crippen molar-refractivity contribution in [1.29, 1.82) is 0 Å². The molecule has 0 spiro atoms. The van der Waals surface area contributed by atoms with Gasteiger partial charge in [-0.2, -0.15) is 0 Å². The van der Waals surface area contributed by atoms with Crippen molar-refractivity contribution in [3.63, 3.8) is 0 Å². The Morgan fingerprint density at radius 2 is 1.64 bits per heavy atom. The fourth-order valence-electron chi connectivity index (χ4n) is 3.48. The zero-order chi connectivity index (χ0) is 15.5. The lowest BCUT2D eigenvalue weighted by Gasteiger charge is -2.46. The van der Waals surface area contributed by atoms with Crippen LogP contribution in [0.1, 0.15) is 39.5 Å². The smallest absolute Gasteiger partial charge is 0.124 e. The molecule has 1 aliphatic heterocycles. The molecule has 22 heavy (non-hydrogen) atoms. The van der Waals surface area contributed by atoms with E-state index < -0.39 is 0 Å². The second kappa shape index (κ2) is 6.97. The maximum atomic E-state index is 12.9. The van der Waals surface area contributed by atoms with E-state index in [-0.39, 0.29) is 11.9 Å². The van der Waals surface area contributed by atoms with Crippen molar-refractivity contribution in [1.82, 2.24) is 4.90 Å². The molecule has 2 fully saturated rings. The zero-order valence-corrected chi connectivity index (χ0v) is 13.5. The molecule has 0 atom stereocenters. The van der Waals surface area contributed by atoms with Gasteiger partial charge in [0.15, 0.2) is 0 Å². The highest BCUT2D eigenvalue weighted by atomic mass is 19.1. The van der Waals surface area contributed by atoms with E-state index in [4.69, 9.17) is 9.47 Å². The standard InChI is InChI=1S/C18H26FNO2/c1-13(2)21-16-9-5-15(6-10-16)20-11-18(12-20)22-17-7-3-14(19)4-8-17/h3-4,7-8,13,15-16,18H,5-6,9-12H2,1-2H3. The first-order valence-electron chi connectivity index (χ1n) is 8.42. The Morgan fingerprint density at radius 1 is 1.00 bits per heavy atom. The van der Waals surface area contributed by atoms with Gasteiger partial charge in [0, 0.05) is 19.1 Å². The van der Waals surface area contributed by atoms with Crippen LogP contribution in [0.5, 0.6) is 5.75 Å². The van der Waals surface area contributed by atoms with Crippen LogP contribution in [-0.4, -0.2) is 42.3 Å². The average molecular weight is 307 g/mol. The molecule has 0 amide bonds. The van der Waals surface area contributed by atoms with Crippen molar-refractivity contribution >= 4 is 0 Å². The molecule has 0 bridgehead atoms. The Morgan fingerprint density at radius 3 is 2.23 bits per heavy atom. The highest BCUT2D eigenvalue weighted by Gasteiger charge is 2.35. The predicted molar refractivity (Wildman–Crippen MR) is 84.7 cm³/mol. The molecule has 1 aromatic rings. The lowest BCUT2D eigenvalue weighted by Crippen LogP contribution is -2.58. The summed E-state index contributed by atoms with van der Waals surface area (Å²) < 4.78 is 24.6. The summed E-state index contributed by atoms with van der Waals surface area (Å²) in [6.07, 6.45) is 5.81. The molecular formula is C18H26FNO2. The van der Waals surface area contributed by atoms with Gasteiger partial charge in [0.25, 0.3) is 0 Å². The maximum Gasteiger partial charge on any atom is 0.124 e. The Hall–Kier alpha value is -1.13. The molecule has 0 aromatic heterocycles. The number of hydrogen-bond acceptors (Lipinski definition) is 3. The zero-order valence-electron chi connectivity index (χ0n) is 13.5. The molecule has 2 aliphatic rings. The van der Waals surface area contributed by atoms with Crippen LogP contribution in [0.3, 0.4) is 0 Å². The molecule has 0 N–H and O–H groups in total. The largest absolute Gasteiger partial charge is 0.488 e. The molecule has 1 aliphatic carbocycles. The number of ether oxygens (including phenoxy) is 2. The van der Waals surface area contributed by atoms with E-state index in [1.807, 2.05) is 0 Å². The first kappa shape index (κ1) is 15.8. The summed E-state index contributed by atoms with van der Waals surface area (Å²) in [5, 5.41) is 0. The van der Waals surface area contributed by atoms with E-state index >= 15 is 0 Å². The van der Waals surface area contributed by atoms with Crippen LogP contribution < -0.4 is 4.74 Å². The SMILES string of the molecule is CC(C)OC1CCC(N2CC(Oc3ccc(F)cc3)C2)CC1. The van der Waals surface area contributed by atoms with Gasteiger partial charge >= 0.3 is 0 Å². The van der Waals surface area contributed by atoms with E-state index in [1.54, 1.807) is 12.1 Å². The summed E-state index contributed by atoms with van der Waals surface area (Å²) >= 11 is 0. The third-order valence-electron chi connectivity index (χ3n) is 4.62. The number of benzene rings is 1. The Bertz CT molecular complexity index is 462. The second-order valence-electron chi connectivity index (χ2n) is 6.76. The summed E-state index contributed by atoms with van der Waals surface area (Å²) in [4.78, 5) is 2.51. The second-order valence-corrected chi connectivity index (χ2v) is 6.76. The minimum atomic E-state index is -0.219.